The summed E-state index contributed by atoms with van der Waals surface area (Å²) in [6.07, 6.45) is 4.85. The summed E-state index contributed by atoms with van der Waals surface area (Å²) in [6, 6.07) is 5.47. The molecule has 1 aliphatic carbocycles. The minimum Gasteiger partial charge on any atom is -0.462 e. The number of rotatable bonds is 6. The van der Waals surface area contributed by atoms with E-state index in [-0.39, 0.29) is 24.5 Å². The summed E-state index contributed by atoms with van der Waals surface area (Å²) in [6.45, 7) is 3.93. The maximum Gasteiger partial charge on any atom is 0.325 e. The molecular weight excluding hydrogens is 392 g/mol. The molecule has 0 unspecified atom stereocenters. The normalized spacial score (nSPS) is 18.3. The lowest BCUT2D eigenvalue weighted by molar-refractivity contribution is -0.147. The molecule has 0 radical (unpaired) electrons. The maximum absolute atomic E-state index is 13.0. The molecular formula is C21H30N2O5S. The minimum absolute atomic E-state index is 0.162. The highest BCUT2D eigenvalue weighted by Crippen LogP contribution is 2.28. The lowest BCUT2D eigenvalue weighted by Gasteiger charge is -2.30. The molecule has 160 valence electrons. The summed E-state index contributed by atoms with van der Waals surface area (Å²) in [5.74, 6) is -0.992. The number of hydrogen-bond acceptors (Lipinski definition) is 5. The van der Waals surface area contributed by atoms with Crippen molar-refractivity contribution in [3.8, 4) is 0 Å². The van der Waals surface area contributed by atoms with E-state index in [0.29, 0.717) is 30.8 Å². The fraction of sp³-hybridized carbons (Fsp3) is 0.619. The van der Waals surface area contributed by atoms with Crippen molar-refractivity contribution in [3.05, 3.63) is 29.3 Å². The second-order valence-electron chi connectivity index (χ2n) is 8.07. The molecule has 2 aliphatic rings. The van der Waals surface area contributed by atoms with E-state index in [0.717, 1.165) is 31.2 Å². The van der Waals surface area contributed by atoms with Crippen LogP contribution in [0, 0.1) is 5.92 Å². The van der Waals surface area contributed by atoms with Gasteiger partial charge >= 0.3 is 5.97 Å². The number of carbonyl (C=O) groups excluding carboxylic acids is 2. The quantitative estimate of drug-likeness (QED) is 0.708. The van der Waals surface area contributed by atoms with Crippen LogP contribution in [-0.4, -0.2) is 50.3 Å². The van der Waals surface area contributed by atoms with Crippen molar-refractivity contribution in [2.45, 2.75) is 63.4 Å². The number of ether oxygens (including phenoxy) is 1. The molecule has 1 N–H and O–H groups in total. The van der Waals surface area contributed by atoms with Crippen molar-refractivity contribution >= 4 is 21.9 Å². The van der Waals surface area contributed by atoms with Gasteiger partial charge in [-0.05, 0) is 75.6 Å². The molecule has 0 bridgehead atoms. The van der Waals surface area contributed by atoms with E-state index in [4.69, 9.17) is 4.74 Å². The third-order valence-electron chi connectivity index (χ3n) is 5.56. The smallest absolute Gasteiger partial charge is 0.325 e. The van der Waals surface area contributed by atoms with Gasteiger partial charge in [0, 0.05) is 19.0 Å². The van der Waals surface area contributed by atoms with Gasteiger partial charge in [0.15, 0.2) is 0 Å². The summed E-state index contributed by atoms with van der Waals surface area (Å²) >= 11 is 0. The predicted octanol–water partition coefficient (Wildman–Crippen LogP) is 2.03. The van der Waals surface area contributed by atoms with Crippen LogP contribution in [0.4, 0.5) is 0 Å². The number of sulfonamides is 1. The first-order valence-corrected chi connectivity index (χ1v) is 11.8. The highest BCUT2D eigenvalue weighted by Gasteiger charge is 2.32. The van der Waals surface area contributed by atoms with Crippen LogP contribution in [0.2, 0.25) is 0 Å². The molecule has 1 amide bonds. The number of piperidine rings is 1. The molecule has 8 heteroatoms. The Bertz CT molecular complexity index is 858. The summed E-state index contributed by atoms with van der Waals surface area (Å²) in [7, 11) is -3.56. The van der Waals surface area contributed by atoms with Crippen LogP contribution in [0.1, 0.15) is 50.7 Å². The summed E-state index contributed by atoms with van der Waals surface area (Å²) < 4.78 is 32.5. The van der Waals surface area contributed by atoms with E-state index < -0.39 is 16.0 Å². The van der Waals surface area contributed by atoms with Crippen molar-refractivity contribution in [2.24, 2.45) is 5.92 Å². The van der Waals surface area contributed by atoms with E-state index in [2.05, 4.69) is 5.32 Å². The highest BCUT2D eigenvalue weighted by molar-refractivity contribution is 7.89. The average Bonchev–Trinajstić information content (AvgIpc) is 2.71. The van der Waals surface area contributed by atoms with E-state index in [1.807, 2.05) is 12.1 Å². The molecule has 1 aromatic carbocycles. The standard InChI is InChI=1S/C21H30N2O5S/c1-15(2)28-20(24)14-22-21(25)17-9-11-23(12-10-17)29(26,27)19-8-7-16-5-3-4-6-18(16)13-19/h7-8,13,15,17H,3-6,9-12,14H2,1-2H3,(H,22,25). The third-order valence-corrected chi connectivity index (χ3v) is 7.45. The van der Waals surface area contributed by atoms with Gasteiger partial charge in [0.1, 0.15) is 6.54 Å². The molecule has 1 aliphatic heterocycles. The fourth-order valence-electron chi connectivity index (χ4n) is 3.99. The van der Waals surface area contributed by atoms with E-state index in [1.165, 1.54) is 9.87 Å². The van der Waals surface area contributed by atoms with Crippen LogP contribution in [0.5, 0.6) is 0 Å². The number of carbonyl (C=O) groups is 2. The van der Waals surface area contributed by atoms with Crippen LogP contribution in [-0.2, 0) is 37.2 Å². The maximum atomic E-state index is 13.0. The van der Waals surface area contributed by atoms with Gasteiger partial charge in [0.25, 0.3) is 0 Å². The number of hydrogen-bond donors (Lipinski definition) is 1. The van der Waals surface area contributed by atoms with Crippen molar-refractivity contribution in [2.75, 3.05) is 19.6 Å². The van der Waals surface area contributed by atoms with Gasteiger partial charge in [-0.3, -0.25) is 9.59 Å². The zero-order valence-corrected chi connectivity index (χ0v) is 18.0. The SMILES string of the molecule is CC(C)OC(=O)CNC(=O)C1CCN(S(=O)(=O)c2ccc3c(c2)CCCC3)CC1. The van der Waals surface area contributed by atoms with E-state index >= 15 is 0 Å². The van der Waals surface area contributed by atoms with Gasteiger partial charge in [-0.25, -0.2) is 8.42 Å². The van der Waals surface area contributed by atoms with Gasteiger partial charge in [-0.2, -0.15) is 4.31 Å². The van der Waals surface area contributed by atoms with Crippen molar-refractivity contribution in [3.63, 3.8) is 0 Å². The topological polar surface area (TPSA) is 92.8 Å². The van der Waals surface area contributed by atoms with Crippen molar-refractivity contribution in [1.82, 2.24) is 9.62 Å². The Balaban J connectivity index is 1.55. The zero-order valence-electron chi connectivity index (χ0n) is 17.1. The Hall–Kier alpha value is -1.93. The van der Waals surface area contributed by atoms with Crippen molar-refractivity contribution in [1.29, 1.82) is 0 Å². The monoisotopic (exact) mass is 422 g/mol. The number of fused-ring (bicyclic) bond motifs is 1. The number of nitrogens with zero attached hydrogens (tertiary/aromatic N) is 1. The zero-order chi connectivity index (χ0) is 21.0. The largest absolute Gasteiger partial charge is 0.462 e. The molecule has 1 aromatic rings. The molecule has 29 heavy (non-hydrogen) atoms. The Labute approximate surface area is 172 Å². The van der Waals surface area contributed by atoms with Crippen LogP contribution < -0.4 is 5.32 Å². The van der Waals surface area contributed by atoms with Gasteiger partial charge in [0.05, 0.1) is 11.0 Å². The van der Waals surface area contributed by atoms with E-state index in [9.17, 15) is 18.0 Å². The molecule has 0 saturated carbocycles. The molecule has 0 spiro atoms. The van der Waals surface area contributed by atoms with Gasteiger partial charge in [-0.1, -0.05) is 6.07 Å². The number of amides is 1. The second-order valence-corrected chi connectivity index (χ2v) is 10.0. The number of benzene rings is 1. The van der Waals surface area contributed by atoms with Gasteiger partial charge < -0.3 is 10.1 Å². The molecule has 0 aromatic heterocycles. The minimum atomic E-state index is -3.56. The molecule has 3 rings (SSSR count). The Kier molecular flexibility index (Phi) is 6.95. The molecule has 1 saturated heterocycles. The summed E-state index contributed by atoms with van der Waals surface area (Å²) in [5, 5.41) is 2.60. The van der Waals surface area contributed by atoms with Gasteiger partial charge in [-0.15, -0.1) is 0 Å². The van der Waals surface area contributed by atoms with Crippen LogP contribution in [0.3, 0.4) is 0 Å². The van der Waals surface area contributed by atoms with Crippen LogP contribution >= 0.6 is 0 Å². The molecule has 0 atom stereocenters. The highest BCUT2D eigenvalue weighted by atomic mass is 32.2. The second kappa shape index (κ2) is 9.26. The Morgan fingerprint density at radius 1 is 1.14 bits per heavy atom. The number of aryl methyl sites for hydroxylation is 2. The third kappa shape index (κ3) is 5.36. The first-order chi connectivity index (χ1) is 13.8. The van der Waals surface area contributed by atoms with Crippen molar-refractivity contribution < 1.29 is 22.7 Å². The van der Waals surface area contributed by atoms with Crippen LogP contribution in [0.15, 0.2) is 23.1 Å². The fourth-order valence-corrected chi connectivity index (χ4v) is 5.51. The lowest BCUT2D eigenvalue weighted by Crippen LogP contribution is -2.44. The predicted molar refractivity (Wildman–Crippen MR) is 109 cm³/mol. The van der Waals surface area contributed by atoms with E-state index in [1.54, 1.807) is 19.9 Å². The first kappa shape index (κ1) is 21.8. The average molecular weight is 423 g/mol. The molecule has 7 nitrogen and oxygen atoms in total. The Morgan fingerprint density at radius 2 is 1.79 bits per heavy atom. The lowest BCUT2D eigenvalue weighted by atomic mass is 9.92. The van der Waals surface area contributed by atoms with Gasteiger partial charge in [0.2, 0.25) is 15.9 Å². The summed E-state index contributed by atoms with van der Waals surface area (Å²) in [5.41, 5.74) is 2.39. The molecule has 1 heterocycles. The summed E-state index contributed by atoms with van der Waals surface area (Å²) in [4.78, 5) is 24.2. The number of nitrogens with one attached hydrogen (secondary N) is 1. The van der Waals surface area contributed by atoms with Crippen LogP contribution in [0.25, 0.3) is 0 Å². The first-order valence-electron chi connectivity index (χ1n) is 10.4. The Morgan fingerprint density at radius 3 is 2.45 bits per heavy atom. The molecule has 1 fully saturated rings. The number of esters is 1.